The predicted octanol–water partition coefficient (Wildman–Crippen LogP) is 2.30. The van der Waals surface area contributed by atoms with Crippen molar-refractivity contribution in [1.29, 1.82) is 0 Å². The molecule has 0 bridgehead atoms. The Labute approximate surface area is 87.3 Å². The lowest BCUT2D eigenvalue weighted by Gasteiger charge is -2.01. The Hall–Kier alpha value is -2.16. The highest BCUT2D eigenvalue weighted by atomic mass is 16.5. The lowest BCUT2D eigenvalue weighted by molar-refractivity contribution is 0.0727. The van der Waals surface area contributed by atoms with Crippen LogP contribution in [0.4, 0.5) is 0 Å². The Morgan fingerprint density at radius 2 is 1.73 bits per heavy atom. The molecule has 1 aromatic heterocycles. The number of ether oxygens (including phenoxy) is 1. The fraction of sp³-hybridized carbons (Fsp3) is 0. The second-order valence-electron chi connectivity index (χ2n) is 2.92. The number of pyridine rings is 1. The van der Waals surface area contributed by atoms with Crippen LogP contribution in [-0.2, 0) is 0 Å². The van der Waals surface area contributed by atoms with Crippen LogP contribution in [0.5, 0.6) is 5.88 Å². The van der Waals surface area contributed by atoms with Gasteiger partial charge in [-0.05, 0) is 18.2 Å². The predicted molar refractivity (Wildman–Crippen MR) is 55.6 cm³/mol. The SMILES string of the molecule is O=C(Oc1ccccn1)c1ccccc1. The van der Waals surface area contributed by atoms with Gasteiger partial charge in [-0.3, -0.25) is 0 Å². The standard InChI is InChI=1S/C12H9NO2/c14-12(10-6-2-1-3-7-10)15-11-8-4-5-9-13-11/h1-9H. The minimum Gasteiger partial charge on any atom is -0.404 e. The molecule has 0 unspecified atom stereocenters. The van der Waals surface area contributed by atoms with Crippen LogP contribution in [0.2, 0.25) is 0 Å². The number of nitrogens with zero attached hydrogens (tertiary/aromatic N) is 1. The largest absolute Gasteiger partial charge is 0.404 e. The topological polar surface area (TPSA) is 39.2 Å². The normalized spacial score (nSPS) is 9.60. The van der Waals surface area contributed by atoms with Gasteiger partial charge in [0.15, 0.2) is 0 Å². The Kier molecular flexibility index (Phi) is 2.74. The molecule has 15 heavy (non-hydrogen) atoms. The first-order valence-electron chi connectivity index (χ1n) is 4.54. The number of hydrogen-bond acceptors (Lipinski definition) is 3. The highest BCUT2D eigenvalue weighted by Crippen LogP contribution is 2.07. The van der Waals surface area contributed by atoms with Crippen LogP contribution in [0, 0.1) is 0 Å². The third kappa shape index (κ3) is 2.40. The van der Waals surface area contributed by atoms with Crippen LogP contribution >= 0.6 is 0 Å². The maximum absolute atomic E-state index is 11.6. The van der Waals surface area contributed by atoms with E-state index in [0.29, 0.717) is 11.4 Å². The summed E-state index contributed by atoms with van der Waals surface area (Å²) in [6.45, 7) is 0. The minimum absolute atomic E-state index is 0.311. The van der Waals surface area contributed by atoms with Gasteiger partial charge in [-0.2, -0.15) is 0 Å². The molecule has 1 heterocycles. The molecule has 0 N–H and O–H groups in total. The van der Waals surface area contributed by atoms with Crippen molar-refractivity contribution in [2.75, 3.05) is 0 Å². The summed E-state index contributed by atoms with van der Waals surface area (Å²) in [6, 6.07) is 14.0. The number of hydrogen-bond donors (Lipinski definition) is 0. The lowest BCUT2D eigenvalue weighted by atomic mass is 10.2. The Balaban J connectivity index is 2.12. The van der Waals surface area contributed by atoms with E-state index in [9.17, 15) is 4.79 Å². The molecule has 0 aliphatic heterocycles. The maximum atomic E-state index is 11.6. The summed E-state index contributed by atoms with van der Waals surface area (Å²) in [6.07, 6.45) is 1.58. The summed E-state index contributed by atoms with van der Waals surface area (Å²) in [7, 11) is 0. The average Bonchev–Trinajstić information content (AvgIpc) is 2.31. The Bertz CT molecular complexity index is 440. The van der Waals surface area contributed by atoms with E-state index < -0.39 is 5.97 Å². The van der Waals surface area contributed by atoms with Crippen LogP contribution < -0.4 is 4.74 Å². The van der Waals surface area contributed by atoms with Gasteiger partial charge in [-0.15, -0.1) is 0 Å². The summed E-state index contributed by atoms with van der Waals surface area (Å²) in [5.41, 5.74) is 0.517. The molecule has 2 aromatic rings. The molecule has 3 heteroatoms. The molecule has 0 atom stereocenters. The molecule has 2 rings (SSSR count). The van der Waals surface area contributed by atoms with Crippen molar-refractivity contribution in [2.45, 2.75) is 0 Å². The van der Waals surface area contributed by atoms with E-state index in [1.54, 1.807) is 48.7 Å². The van der Waals surface area contributed by atoms with Crippen LogP contribution in [0.25, 0.3) is 0 Å². The Morgan fingerprint density at radius 1 is 1.00 bits per heavy atom. The van der Waals surface area contributed by atoms with Crippen LogP contribution in [0.15, 0.2) is 54.7 Å². The van der Waals surface area contributed by atoms with Crippen molar-refractivity contribution in [3.05, 3.63) is 60.3 Å². The van der Waals surface area contributed by atoms with Crippen molar-refractivity contribution >= 4 is 5.97 Å². The maximum Gasteiger partial charge on any atom is 0.344 e. The van der Waals surface area contributed by atoms with Crippen LogP contribution in [0.3, 0.4) is 0 Å². The van der Waals surface area contributed by atoms with Crippen LogP contribution in [0.1, 0.15) is 10.4 Å². The fourth-order valence-corrected chi connectivity index (χ4v) is 1.14. The molecule has 1 aromatic carbocycles. The van der Waals surface area contributed by atoms with Crippen LogP contribution in [-0.4, -0.2) is 11.0 Å². The molecule has 3 nitrogen and oxygen atoms in total. The highest BCUT2D eigenvalue weighted by Gasteiger charge is 2.07. The van der Waals surface area contributed by atoms with Gasteiger partial charge in [-0.1, -0.05) is 24.3 Å². The van der Waals surface area contributed by atoms with Crippen molar-refractivity contribution in [1.82, 2.24) is 4.98 Å². The molecular weight excluding hydrogens is 190 g/mol. The quantitative estimate of drug-likeness (QED) is 0.696. The first-order valence-corrected chi connectivity index (χ1v) is 4.54. The molecule has 0 aliphatic carbocycles. The number of carbonyl (C=O) groups excluding carboxylic acids is 1. The van der Waals surface area contributed by atoms with Crippen molar-refractivity contribution in [2.24, 2.45) is 0 Å². The number of carbonyl (C=O) groups is 1. The van der Waals surface area contributed by atoms with E-state index >= 15 is 0 Å². The minimum atomic E-state index is -0.394. The molecule has 74 valence electrons. The smallest absolute Gasteiger partial charge is 0.344 e. The average molecular weight is 199 g/mol. The fourth-order valence-electron chi connectivity index (χ4n) is 1.14. The van der Waals surface area contributed by atoms with E-state index in [-0.39, 0.29) is 0 Å². The van der Waals surface area contributed by atoms with Gasteiger partial charge < -0.3 is 4.74 Å². The van der Waals surface area contributed by atoms with E-state index in [1.165, 1.54) is 0 Å². The van der Waals surface area contributed by atoms with Gasteiger partial charge in [0.05, 0.1) is 5.56 Å². The summed E-state index contributed by atoms with van der Waals surface area (Å²) >= 11 is 0. The zero-order valence-corrected chi connectivity index (χ0v) is 7.96. The molecule has 0 saturated carbocycles. The lowest BCUT2D eigenvalue weighted by Crippen LogP contribution is -2.08. The highest BCUT2D eigenvalue weighted by molar-refractivity contribution is 5.90. The van der Waals surface area contributed by atoms with Gasteiger partial charge in [0, 0.05) is 12.3 Å². The van der Waals surface area contributed by atoms with Gasteiger partial charge in [0.2, 0.25) is 5.88 Å². The molecule has 0 fully saturated rings. The first kappa shape index (κ1) is 9.40. The van der Waals surface area contributed by atoms with Gasteiger partial charge >= 0.3 is 5.97 Å². The molecule has 0 aliphatic rings. The van der Waals surface area contributed by atoms with E-state index in [4.69, 9.17) is 4.74 Å². The third-order valence-corrected chi connectivity index (χ3v) is 1.84. The molecule has 0 amide bonds. The van der Waals surface area contributed by atoms with Gasteiger partial charge in [0.25, 0.3) is 0 Å². The molecule has 0 radical (unpaired) electrons. The third-order valence-electron chi connectivity index (χ3n) is 1.84. The van der Waals surface area contributed by atoms with E-state index in [1.807, 2.05) is 6.07 Å². The zero-order chi connectivity index (χ0) is 10.5. The van der Waals surface area contributed by atoms with Crippen molar-refractivity contribution in [3.8, 4) is 5.88 Å². The summed E-state index contributed by atoms with van der Waals surface area (Å²) in [4.78, 5) is 15.5. The van der Waals surface area contributed by atoms with Crippen molar-refractivity contribution in [3.63, 3.8) is 0 Å². The number of rotatable bonds is 2. The summed E-state index contributed by atoms with van der Waals surface area (Å²) < 4.78 is 5.05. The number of esters is 1. The number of benzene rings is 1. The molecular formula is C12H9NO2. The van der Waals surface area contributed by atoms with Crippen molar-refractivity contribution < 1.29 is 9.53 Å². The monoisotopic (exact) mass is 199 g/mol. The van der Waals surface area contributed by atoms with Gasteiger partial charge in [0.1, 0.15) is 0 Å². The number of aromatic nitrogens is 1. The first-order chi connectivity index (χ1) is 7.36. The summed E-state index contributed by atoms with van der Waals surface area (Å²) in [5, 5.41) is 0. The second-order valence-corrected chi connectivity index (χ2v) is 2.92. The zero-order valence-electron chi connectivity index (χ0n) is 7.96. The van der Waals surface area contributed by atoms with E-state index in [0.717, 1.165) is 0 Å². The second kappa shape index (κ2) is 4.37. The molecule has 0 spiro atoms. The van der Waals surface area contributed by atoms with E-state index in [2.05, 4.69) is 4.98 Å². The Morgan fingerprint density at radius 3 is 2.40 bits per heavy atom. The summed E-state index contributed by atoms with van der Waals surface area (Å²) in [5.74, 6) is -0.0827. The molecule has 0 saturated heterocycles. The van der Waals surface area contributed by atoms with Gasteiger partial charge in [-0.25, -0.2) is 9.78 Å².